The number of amides is 3. The maximum atomic E-state index is 13.0. The van der Waals surface area contributed by atoms with Gasteiger partial charge in [0, 0.05) is 17.2 Å². The number of ether oxygens (including phenoxy) is 1. The summed E-state index contributed by atoms with van der Waals surface area (Å²) in [6.45, 7) is 5.19. The molecule has 1 saturated heterocycles. The van der Waals surface area contributed by atoms with E-state index in [1.165, 1.54) is 11.8 Å². The van der Waals surface area contributed by atoms with Crippen LogP contribution in [0.15, 0.2) is 40.6 Å². The number of rotatable bonds is 9. The molecule has 3 amide bonds. The molecule has 5 N–H and O–H groups in total. The number of β-lactam (4-membered cyclic amide) rings is 1. The van der Waals surface area contributed by atoms with Crippen LogP contribution in [0.1, 0.15) is 36.8 Å². The number of nitrogens with one attached hydrogen (secondary N) is 3. The van der Waals surface area contributed by atoms with Crippen molar-refractivity contribution in [2.24, 2.45) is 0 Å². The van der Waals surface area contributed by atoms with E-state index in [0.717, 1.165) is 16.7 Å². The van der Waals surface area contributed by atoms with E-state index >= 15 is 0 Å². The van der Waals surface area contributed by atoms with E-state index in [1.807, 2.05) is 0 Å². The van der Waals surface area contributed by atoms with Crippen LogP contribution in [0.25, 0.3) is 0 Å². The van der Waals surface area contributed by atoms with E-state index in [4.69, 9.17) is 4.74 Å². The minimum atomic E-state index is -1.30. The molecule has 0 aliphatic carbocycles. The molecule has 2 aliphatic heterocycles. The molecule has 0 radical (unpaired) electrons. The number of carbonyl (C=O) groups excluding carboxylic acids is 3. The van der Waals surface area contributed by atoms with Crippen LogP contribution in [0.5, 0.6) is 0 Å². The number of nitrogens with zero attached hydrogens (tertiary/aromatic N) is 3. The molecule has 40 heavy (non-hydrogen) atoms. The van der Waals surface area contributed by atoms with E-state index < -0.39 is 46.9 Å². The maximum Gasteiger partial charge on any atom is 0.412 e. The molecular weight excluding hydrogens is 564 g/mol. The highest BCUT2D eigenvalue weighted by Crippen LogP contribution is 2.41. The predicted octanol–water partition coefficient (Wildman–Crippen LogP) is 1.92. The Bertz CT molecular complexity index is 1400. The highest BCUT2D eigenvalue weighted by Gasteiger charge is 2.54. The van der Waals surface area contributed by atoms with Crippen molar-refractivity contribution in [3.63, 3.8) is 0 Å². The second-order valence-electron chi connectivity index (χ2n) is 9.76. The fourth-order valence-electron chi connectivity index (χ4n) is 4.02. The number of benzene rings is 1. The monoisotopic (exact) mass is 590 g/mol. The van der Waals surface area contributed by atoms with Crippen LogP contribution in [-0.2, 0) is 25.5 Å². The van der Waals surface area contributed by atoms with E-state index in [1.54, 1.807) is 45.0 Å². The highest BCUT2D eigenvalue weighted by atomic mass is 32.2. The third kappa shape index (κ3) is 6.39. The average molecular weight is 591 g/mol. The number of carboxylic acids is 2. The molecule has 2 atom stereocenters. The van der Waals surface area contributed by atoms with Crippen LogP contribution < -0.4 is 10.6 Å². The number of H-pyrrole nitrogens is 1. The number of aromatic carboxylic acids is 1. The molecule has 0 saturated carbocycles. The molecule has 0 bridgehead atoms. The average Bonchev–Trinajstić information content (AvgIpc) is 3.34. The largest absolute Gasteiger partial charge is 0.477 e. The smallest absolute Gasteiger partial charge is 0.412 e. The zero-order chi connectivity index (χ0) is 29.2. The molecule has 1 aromatic carbocycles. The minimum absolute atomic E-state index is 0.0910. The number of aromatic nitrogens is 3. The third-order valence-electron chi connectivity index (χ3n) is 5.68. The fourth-order valence-corrected chi connectivity index (χ4v) is 6.42. The molecule has 212 valence electrons. The van der Waals surface area contributed by atoms with Crippen molar-refractivity contribution in [2.45, 2.75) is 49.2 Å². The van der Waals surface area contributed by atoms with Gasteiger partial charge in [-0.2, -0.15) is 0 Å². The van der Waals surface area contributed by atoms with Crippen LogP contribution in [-0.4, -0.2) is 88.9 Å². The number of aliphatic carboxylic acids is 1. The van der Waals surface area contributed by atoms with Crippen molar-refractivity contribution >= 4 is 59.1 Å². The van der Waals surface area contributed by atoms with Gasteiger partial charge in [-0.3, -0.25) is 24.9 Å². The Hall–Kier alpha value is -4.05. The van der Waals surface area contributed by atoms with Gasteiger partial charge < -0.3 is 20.3 Å². The lowest BCUT2D eigenvalue weighted by molar-refractivity contribution is -0.150. The molecule has 1 fully saturated rings. The summed E-state index contributed by atoms with van der Waals surface area (Å²) in [4.78, 5) is 62.5. The normalized spacial score (nSPS) is 18.5. The molecule has 16 heteroatoms. The van der Waals surface area contributed by atoms with Crippen molar-refractivity contribution < 1.29 is 38.9 Å². The summed E-state index contributed by atoms with van der Waals surface area (Å²) in [6.07, 6.45) is -0.811. The van der Waals surface area contributed by atoms with Gasteiger partial charge in [0.1, 0.15) is 27.7 Å². The number of fused-ring (bicyclic) bond motifs is 1. The van der Waals surface area contributed by atoms with Gasteiger partial charge in [0.2, 0.25) is 11.6 Å². The van der Waals surface area contributed by atoms with Gasteiger partial charge in [-0.25, -0.2) is 14.4 Å². The number of anilines is 1. The quantitative estimate of drug-likeness (QED) is 0.210. The van der Waals surface area contributed by atoms with E-state index in [2.05, 4.69) is 26.0 Å². The minimum Gasteiger partial charge on any atom is -0.477 e. The Labute approximate surface area is 236 Å². The van der Waals surface area contributed by atoms with Crippen LogP contribution in [0, 0.1) is 0 Å². The van der Waals surface area contributed by atoms with Crippen LogP contribution in [0.4, 0.5) is 10.5 Å². The summed E-state index contributed by atoms with van der Waals surface area (Å²) in [5, 5.41) is 33.3. The maximum absolute atomic E-state index is 13.0. The van der Waals surface area contributed by atoms with Crippen molar-refractivity contribution in [2.75, 3.05) is 16.8 Å². The molecule has 1 unspecified atom stereocenters. The number of carbonyl (C=O) groups is 5. The number of thioether (sulfide) groups is 2. The van der Waals surface area contributed by atoms with Crippen LogP contribution in [0.2, 0.25) is 0 Å². The van der Waals surface area contributed by atoms with Crippen LogP contribution >= 0.6 is 23.5 Å². The lowest BCUT2D eigenvalue weighted by atomic mass is 10.0. The zero-order valence-electron chi connectivity index (χ0n) is 21.6. The van der Waals surface area contributed by atoms with E-state index in [0.29, 0.717) is 16.8 Å². The van der Waals surface area contributed by atoms with Gasteiger partial charge in [0.25, 0.3) is 5.91 Å². The first-order chi connectivity index (χ1) is 18.9. The van der Waals surface area contributed by atoms with Gasteiger partial charge >= 0.3 is 18.0 Å². The van der Waals surface area contributed by atoms with Crippen molar-refractivity contribution in [3.8, 4) is 0 Å². The zero-order valence-corrected chi connectivity index (χ0v) is 23.2. The van der Waals surface area contributed by atoms with Crippen molar-refractivity contribution in [3.05, 3.63) is 46.8 Å². The van der Waals surface area contributed by atoms with E-state index in [9.17, 15) is 34.2 Å². The molecule has 2 aromatic rings. The Morgan fingerprint density at radius 1 is 1.20 bits per heavy atom. The predicted molar refractivity (Wildman–Crippen MR) is 144 cm³/mol. The topological polar surface area (TPSA) is 204 Å². The summed E-state index contributed by atoms with van der Waals surface area (Å²) in [6, 6.07) is 5.76. The summed E-state index contributed by atoms with van der Waals surface area (Å²) in [5.74, 6) is -3.29. The fraction of sp³-hybridized carbons (Fsp3) is 0.375. The van der Waals surface area contributed by atoms with Crippen LogP contribution in [0.3, 0.4) is 0 Å². The summed E-state index contributed by atoms with van der Waals surface area (Å²) in [5.41, 5.74) is 0.134. The number of carboxylic acid groups (broad SMARTS) is 2. The standard InChI is InChI=1S/C24H26N6O8S2/c1-24(2,3)38-23(37)25-13-7-5-4-6-11(13)8-14(31)26-16-19(32)30-17(22(35)36)12(10-40-20(16)30)9-39-18-15(21(33)34)27-29-28-18/h4-7,16,20H,8-10H2,1-3H3,(H,25,37)(H,26,31)(H,33,34)(H,35,36)(H,27,28,29)/t16?,20-/m1/s1. The summed E-state index contributed by atoms with van der Waals surface area (Å²) in [7, 11) is 0. The van der Waals surface area contributed by atoms with Crippen molar-refractivity contribution in [1.82, 2.24) is 25.6 Å². The lowest BCUT2D eigenvalue weighted by Crippen LogP contribution is -2.70. The second kappa shape index (κ2) is 11.6. The first kappa shape index (κ1) is 28.9. The van der Waals surface area contributed by atoms with Gasteiger partial charge in [0.05, 0.1) is 6.42 Å². The number of hydrogen-bond donors (Lipinski definition) is 5. The molecule has 0 spiro atoms. The van der Waals surface area contributed by atoms with Gasteiger partial charge in [-0.05, 0) is 38.0 Å². The van der Waals surface area contributed by atoms with E-state index in [-0.39, 0.29) is 34.3 Å². The molecule has 14 nitrogen and oxygen atoms in total. The second-order valence-corrected chi connectivity index (χ2v) is 11.8. The van der Waals surface area contributed by atoms with Gasteiger partial charge in [0.15, 0.2) is 0 Å². The molecule has 4 rings (SSSR count). The first-order valence-corrected chi connectivity index (χ1v) is 13.9. The van der Waals surface area contributed by atoms with Gasteiger partial charge in [-0.15, -0.1) is 16.9 Å². The Morgan fingerprint density at radius 3 is 2.60 bits per heavy atom. The SMILES string of the molecule is CC(C)(C)OC(=O)Nc1ccccc1CC(=O)NC1C(=O)N2C(C(=O)O)=C(CSc3[nH]nnc3C(=O)O)CS[C@H]12. The number of aromatic amines is 1. The number of para-hydroxylation sites is 1. The molecule has 1 aromatic heterocycles. The Balaban J connectivity index is 1.41. The third-order valence-corrected chi connectivity index (χ3v) is 8.09. The summed E-state index contributed by atoms with van der Waals surface area (Å²) < 4.78 is 5.27. The molecule has 2 aliphatic rings. The Morgan fingerprint density at radius 2 is 1.93 bits per heavy atom. The van der Waals surface area contributed by atoms with Gasteiger partial charge in [-0.1, -0.05) is 35.2 Å². The first-order valence-electron chi connectivity index (χ1n) is 11.9. The Kier molecular flexibility index (Phi) is 8.39. The molecule has 3 heterocycles. The highest BCUT2D eigenvalue weighted by molar-refractivity contribution is 8.01. The summed E-state index contributed by atoms with van der Waals surface area (Å²) >= 11 is 2.31. The lowest BCUT2D eigenvalue weighted by Gasteiger charge is -2.49. The molecular formula is C24H26N6O8S2. The number of hydrogen-bond acceptors (Lipinski definition) is 10. The van der Waals surface area contributed by atoms with Crippen molar-refractivity contribution in [1.29, 1.82) is 0 Å².